The minimum Gasteiger partial charge on any atom is -0.339 e. The lowest BCUT2D eigenvalue weighted by molar-refractivity contribution is 0.0706. The third-order valence-corrected chi connectivity index (χ3v) is 8.30. The van der Waals surface area contributed by atoms with Gasteiger partial charge in [0.15, 0.2) is 0 Å². The molecule has 6 rings (SSSR count). The molecule has 0 saturated carbocycles. The lowest BCUT2D eigenvalue weighted by Gasteiger charge is -2.33. The van der Waals surface area contributed by atoms with Crippen molar-refractivity contribution in [2.75, 3.05) is 26.2 Å². The van der Waals surface area contributed by atoms with Gasteiger partial charge in [0.25, 0.3) is 11.8 Å². The number of hydrogen-bond donors (Lipinski definition) is 0. The summed E-state index contributed by atoms with van der Waals surface area (Å²) < 4.78 is 1.90. The zero-order chi connectivity index (χ0) is 26.8. The van der Waals surface area contributed by atoms with Crippen molar-refractivity contribution in [2.24, 2.45) is 0 Å². The molecule has 0 N–H and O–H groups in total. The van der Waals surface area contributed by atoms with Crippen molar-refractivity contribution in [3.05, 3.63) is 119 Å². The van der Waals surface area contributed by atoms with E-state index < -0.39 is 0 Å². The maximum absolute atomic E-state index is 13.9. The molecule has 3 heterocycles. The van der Waals surface area contributed by atoms with E-state index >= 15 is 0 Å². The van der Waals surface area contributed by atoms with Gasteiger partial charge in [-0.25, -0.2) is 4.68 Å². The normalized spacial score (nSPS) is 17.9. The van der Waals surface area contributed by atoms with E-state index in [1.165, 1.54) is 5.56 Å². The summed E-state index contributed by atoms with van der Waals surface area (Å²) in [7, 11) is 0. The van der Waals surface area contributed by atoms with Gasteiger partial charge in [-0.05, 0) is 61.2 Å². The van der Waals surface area contributed by atoms with Crippen LogP contribution in [0.25, 0.3) is 5.69 Å². The average Bonchev–Trinajstić information content (AvgIpc) is 3.67. The molecule has 2 fully saturated rings. The van der Waals surface area contributed by atoms with Crippen LogP contribution in [0.2, 0.25) is 5.02 Å². The molecule has 0 aliphatic carbocycles. The molecule has 0 unspecified atom stereocenters. The van der Waals surface area contributed by atoms with E-state index in [-0.39, 0.29) is 17.7 Å². The van der Waals surface area contributed by atoms with Gasteiger partial charge in [0, 0.05) is 48.6 Å². The monoisotopic (exact) mass is 538 g/mol. The van der Waals surface area contributed by atoms with Crippen LogP contribution in [0.4, 0.5) is 0 Å². The number of likely N-dealkylation sites (tertiary alicyclic amines) is 2. The lowest BCUT2D eigenvalue weighted by atomic mass is 9.90. The fourth-order valence-corrected chi connectivity index (χ4v) is 6.06. The number of hydrogen-bond acceptors (Lipinski definition) is 3. The molecule has 3 aromatic carbocycles. The van der Waals surface area contributed by atoms with Gasteiger partial charge < -0.3 is 9.80 Å². The van der Waals surface area contributed by atoms with Crippen LogP contribution in [-0.4, -0.2) is 57.6 Å². The number of carbonyl (C=O) groups is 2. The van der Waals surface area contributed by atoms with Gasteiger partial charge in [-0.3, -0.25) is 9.59 Å². The second kappa shape index (κ2) is 11.1. The molecule has 2 saturated heterocycles. The van der Waals surface area contributed by atoms with Crippen LogP contribution in [0.15, 0.2) is 91.1 Å². The van der Waals surface area contributed by atoms with Crippen LogP contribution >= 0.6 is 11.6 Å². The maximum Gasteiger partial charge on any atom is 0.257 e. The first-order valence-electron chi connectivity index (χ1n) is 13.6. The highest BCUT2D eigenvalue weighted by Crippen LogP contribution is 2.35. The van der Waals surface area contributed by atoms with Crippen molar-refractivity contribution in [1.29, 1.82) is 0 Å². The third kappa shape index (κ3) is 5.21. The summed E-state index contributed by atoms with van der Waals surface area (Å²) in [5.41, 5.74) is 4.45. The molecule has 0 spiro atoms. The largest absolute Gasteiger partial charge is 0.339 e. The number of rotatable bonds is 5. The maximum atomic E-state index is 13.9. The van der Waals surface area contributed by atoms with Crippen LogP contribution in [0.1, 0.15) is 63.1 Å². The predicted molar refractivity (Wildman–Crippen MR) is 153 cm³/mol. The Balaban J connectivity index is 1.26. The second-order valence-electron chi connectivity index (χ2n) is 10.4. The molecule has 1 atom stereocenters. The number of benzene rings is 3. The fourth-order valence-electron chi connectivity index (χ4n) is 5.94. The van der Waals surface area contributed by atoms with Gasteiger partial charge in [0.05, 0.1) is 23.1 Å². The third-order valence-electron chi connectivity index (χ3n) is 8.04. The van der Waals surface area contributed by atoms with Crippen molar-refractivity contribution in [3.63, 3.8) is 0 Å². The van der Waals surface area contributed by atoms with E-state index in [9.17, 15) is 9.59 Å². The Labute approximate surface area is 233 Å². The summed E-state index contributed by atoms with van der Waals surface area (Å²) in [6, 6.07) is 27.4. The quantitative estimate of drug-likeness (QED) is 0.305. The molecular weight excluding hydrogens is 508 g/mol. The van der Waals surface area contributed by atoms with E-state index in [1.807, 2.05) is 75.1 Å². The smallest absolute Gasteiger partial charge is 0.257 e. The van der Waals surface area contributed by atoms with Gasteiger partial charge >= 0.3 is 0 Å². The Hall–Kier alpha value is -3.90. The summed E-state index contributed by atoms with van der Waals surface area (Å²) in [6.45, 7) is 2.71. The number of piperidine rings is 1. The van der Waals surface area contributed by atoms with E-state index in [0.29, 0.717) is 41.7 Å². The van der Waals surface area contributed by atoms with Crippen molar-refractivity contribution in [3.8, 4) is 5.69 Å². The van der Waals surface area contributed by atoms with E-state index in [4.69, 9.17) is 16.7 Å². The van der Waals surface area contributed by atoms with Crippen LogP contribution in [0.3, 0.4) is 0 Å². The van der Waals surface area contributed by atoms with E-state index in [1.54, 1.807) is 6.20 Å². The minimum atomic E-state index is 0.0337. The number of aromatic nitrogens is 2. The topological polar surface area (TPSA) is 58.4 Å². The summed E-state index contributed by atoms with van der Waals surface area (Å²) >= 11 is 6.16. The Bertz CT molecular complexity index is 1440. The Kier molecular flexibility index (Phi) is 7.20. The summed E-state index contributed by atoms with van der Waals surface area (Å²) in [5.74, 6) is 0.540. The van der Waals surface area contributed by atoms with Gasteiger partial charge in [-0.2, -0.15) is 5.10 Å². The van der Waals surface area contributed by atoms with Gasteiger partial charge in [0.2, 0.25) is 0 Å². The molecule has 2 aliphatic heterocycles. The number of carbonyl (C=O) groups excluding carboxylic acids is 2. The highest BCUT2D eigenvalue weighted by Gasteiger charge is 2.34. The first-order valence-corrected chi connectivity index (χ1v) is 14.0. The number of halogens is 1. The summed E-state index contributed by atoms with van der Waals surface area (Å²) in [5, 5.41) is 5.36. The zero-order valence-corrected chi connectivity index (χ0v) is 22.5. The molecule has 7 heteroatoms. The fraction of sp³-hybridized carbons (Fsp3) is 0.281. The summed E-state index contributed by atoms with van der Waals surface area (Å²) in [4.78, 5) is 30.9. The first kappa shape index (κ1) is 25.4. The lowest BCUT2D eigenvalue weighted by Crippen LogP contribution is -2.38. The Morgan fingerprint density at radius 2 is 1.33 bits per heavy atom. The van der Waals surface area contributed by atoms with Crippen LogP contribution in [0, 0.1) is 0 Å². The molecule has 0 bridgehead atoms. The predicted octanol–water partition coefficient (Wildman–Crippen LogP) is 6.18. The minimum absolute atomic E-state index is 0.0337. The van der Waals surface area contributed by atoms with Gasteiger partial charge in [-0.1, -0.05) is 60.1 Å². The van der Waals surface area contributed by atoms with Crippen molar-refractivity contribution in [2.45, 2.75) is 31.1 Å². The van der Waals surface area contributed by atoms with E-state index in [2.05, 4.69) is 24.3 Å². The standard InChI is InChI=1S/C32H31ClN4O2/c33-27-11-13-28(14-12-27)37-30(24-15-18-35(19-16-24)31(38)25-9-5-2-6-10-25)29(21-34-37)32(39)36-20-17-26(22-36)23-7-3-1-4-8-23/h1-14,21,24,26H,15-20,22H2/t26-/m0/s1. The number of amides is 2. The molecular formula is C32H31ClN4O2. The van der Waals surface area contributed by atoms with Crippen LogP contribution in [-0.2, 0) is 0 Å². The molecule has 4 aromatic rings. The second-order valence-corrected chi connectivity index (χ2v) is 10.8. The van der Waals surface area contributed by atoms with Crippen molar-refractivity contribution in [1.82, 2.24) is 19.6 Å². The average molecular weight is 539 g/mol. The Morgan fingerprint density at radius 3 is 2.03 bits per heavy atom. The zero-order valence-electron chi connectivity index (χ0n) is 21.7. The van der Waals surface area contributed by atoms with E-state index in [0.717, 1.165) is 37.2 Å². The Morgan fingerprint density at radius 1 is 0.718 bits per heavy atom. The molecule has 39 heavy (non-hydrogen) atoms. The molecule has 6 nitrogen and oxygen atoms in total. The molecule has 2 amide bonds. The molecule has 2 aliphatic rings. The highest BCUT2D eigenvalue weighted by molar-refractivity contribution is 6.30. The van der Waals surface area contributed by atoms with Crippen molar-refractivity contribution >= 4 is 23.4 Å². The first-order chi connectivity index (χ1) is 19.1. The van der Waals surface area contributed by atoms with Crippen molar-refractivity contribution < 1.29 is 9.59 Å². The molecule has 1 aromatic heterocycles. The van der Waals surface area contributed by atoms with Gasteiger partial charge in [-0.15, -0.1) is 0 Å². The number of nitrogens with zero attached hydrogens (tertiary/aromatic N) is 4. The molecule has 198 valence electrons. The molecule has 0 radical (unpaired) electrons. The van der Waals surface area contributed by atoms with Gasteiger partial charge in [0.1, 0.15) is 0 Å². The SMILES string of the molecule is O=C(c1ccccc1)N1CCC(c2c(C(=O)N3CC[C@H](c4ccccc4)C3)cnn2-c2ccc(Cl)cc2)CC1. The van der Waals surface area contributed by atoms with Crippen LogP contribution < -0.4 is 0 Å². The summed E-state index contributed by atoms with van der Waals surface area (Å²) in [6.07, 6.45) is 4.22. The van der Waals surface area contributed by atoms with Crippen LogP contribution in [0.5, 0.6) is 0 Å². The highest BCUT2D eigenvalue weighted by atomic mass is 35.5.